The molecule has 3 aromatic heterocycles. The molecule has 3 heterocycles. The lowest BCUT2D eigenvalue weighted by molar-refractivity contribution is -0.00765. The van der Waals surface area contributed by atoms with Gasteiger partial charge in [-0.2, -0.15) is 15.3 Å². The van der Waals surface area contributed by atoms with Crippen molar-refractivity contribution in [2.24, 2.45) is 17.8 Å². The number of hydrogen-bond donors (Lipinski definition) is 1. The highest BCUT2D eigenvalue weighted by molar-refractivity contribution is 6.05. The molecule has 0 saturated heterocycles. The van der Waals surface area contributed by atoms with Crippen molar-refractivity contribution >= 4 is 11.6 Å². The molecule has 1 aromatic carbocycles. The van der Waals surface area contributed by atoms with Crippen molar-refractivity contribution in [1.29, 1.82) is 0 Å². The summed E-state index contributed by atoms with van der Waals surface area (Å²) in [5, 5.41) is 17.2. The number of aryl methyl sites for hydroxylation is 1. The maximum Gasteiger partial charge on any atom is 0.259 e. The monoisotopic (exact) mass is 509 g/mol. The zero-order chi connectivity index (χ0) is 25.9. The molecular formula is C30H35N7O. The molecule has 8 heteroatoms. The molecule has 4 aliphatic rings. The van der Waals surface area contributed by atoms with Crippen molar-refractivity contribution < 1.29 is 4.79 Å². The van der Waals surface area contributed by atoms with Gasteiger partial charge in [0, 0.05) is 35.6 Å². The topological polar surface area (TPSA) is 82.6 Å². The van der Waals surface area contributed by atoms with Gasteiger partial charge in [0.05, 0.1) is 41.6 Å². The molecular weight excluding hydrogens is 474 g/mol. The Bertz CT molecular complexity index is 1440. The smallest absolute Gasteiger partial charge is 0.259 e. The molecule has 1 N–H and O–H groups in total. The van der Waals surface area contributed by atoms with Gasteiger partial charge < -0.3 is 5.32 Å². The third-order valence-corrected chi connectivity index (χ3v) is 9.25. The fourth-order valence-corrected chi connectivity index (χ4v) is 7.89. The average Bonchev–Trinajstić information content (AvgIpc) is 3.63. The molecule has 0 aliphatic heterocycles. The van der Waals surface area contributed by atoms with Gasteiger partial charge in [0.15, 0.2) is 0 Å². The van der Waals surface area contributed by atoms with E-state index in [2.05, 4.69) is 29.4 Å². The van der Waals surface area contributed by atoms with Crippen molar-refractivity contribution in [2.75, 3.05) is 5.32 Å². The largest absolute Gasteiger partial charge is 0.319 e. The highest BCUT2D eigenvalue weighted by atomic mass is 16.1. The Morgan fingerprint density at radius 3 is 2.37 bits per heavy atom. The minimum absolute atomic E-state index is 0.0165. The van der Waals surface area contributed by atoms with Crippen LogP contribution in [-0.2, 0) is 18.5 Å². The highest BCUT2D eigenvalue weighted by Crippen LogP contribution is 2.60. The van der Waals surface area contributed by atoms with E-state index in [1.807, 2.05) is 63.0 Å². The normalized spacial score (nSPS) is 25.7. The van der Waals surface area contributed by atoms with Crippen LogP contribution in [0.3, 0.4) is 0 Å². The molecule has 4 bridgehead atoms. The molecule has 196 valence electrons. The van der Waals surface area contributed by atoms with Crippen LogP contribution >= 0.6 is 0 Å². The molecule has 0 spiro atoms. The van der Waals surface area contributed by atoms with E-state index < -0.39 is 0 Å². The Labute approximate surface area is 223 Å². The van der Waals surface area contributed by atoms with E-state index in [-0.39, 0.29) is 11.3 Å². The SMILES string of the molecule is CCn1ncc(Cn2cc(NC(=O)c3cn(-c4ccccc4)nc3C34CC5CC(CC(C5)C3)C4)cn2)c1C. The summed E-state index contributed by atoms with van der Waals surface area (Å²) in [6.07, 6.45) is 15.0. The molecule has 0 radical (unpaired) electrons. The zero-order valence-corrected chi connectivity index (χ0v) is 22.2. The lowest BCUT2D eigenvalue weighted by Gasteiger charge is -2.56. The van der Waals surface area contributed by atoms with Gasteiger partial charge in [0.1, 0.15) is 0 Å². The van der Waals surface area contributed by atoms with E-state index in [0.717, 1.165) is 66.2 Å². The van der Waals surface area contributed by atoms with Gasteiger partial charge in [-0.1, -0.05) is 18.2 Å². The first-order valence-electron chi connectivity index (χ1n) is 14.0. The summed E-state index contributed by atoms with van der Waals surface area (Å²) < 4.78 is 5.74. The lowest BCUT2D eigenvalue weighted by atomic mass is 9.48. The average molecular weight is 510 g/mol. The second-order valence-corrected chi connectivity index (χ2v) is 11.8. The van der Waals surface area contributed by atoms with Crippen molar-refractivity contribution in [3.8, 4) is 5.69 Å². The maximum absolute atomic E-state index is 13.8. The quantitative estimate of drug-likeness (QED) is 0.364. The van der Waals surface area contributed by atoms with E-state index in [0.29, 0.717) is 17.8 Å². The van der Waals surface area contributed by atoms with Crippen LogP contribution < -0.4 is 5.32 Å². The molecule has 8 rings (SSSR count). The number of benzene rings is 1. The summed E-state index contributed by atoms with van der Waals surface area (Å²) in [5.41, 5.74) is 5.65. The number of rotatable bonds is 7. The number of carbonyl (C=O) groups excluding carboxylic acids is 1. The Morgan fingerprint density at radius 2 is 1.71 bits per heavy atom. The van der Waals surface area contributed by atoms with Crippen molar-refractivity contribution in [3.05, 3.63) is 77.6 Å². The van der Waals surface area contributed by atoms with Gasteiger partial charge >= 0.3 is 0 Å². The third-order valence-electron chi connectivity index (χ3n) is 9.25. The molecule has 38 heavy (non-hydrogen) atoms. The zero-order valence-electron chi connectivity index (χ0n) is 22.2. The summed E-state index contributed by atoms with van der Waals surface area (Å²) in [5.74, 6) is 2.22. The van der Waals surface area contributed by atoms with Gasteiger partial charge in [-0.05, 0) is 82.3 Å². The van der Waals surface area contributed by atoms with E-state index in [1.54, 1.807) is 6.20 Å². The predicted octanol–water partition coefficient (Wildman–Crippen LogP) is 5.36. The number of aromatic nitrogens is 6. The summed E-state index contributed by atoms with van der Waals surface area (Å²) >= 11 is 0. The van der Waals surface area contributed by atoms with Crippen molar-refractivity contribution in [3.63, 3.8) is 0 Å². The van der Waals surface area contributed by atoms with Crippen LogP contribution in [0.2, 0.25) is 0 Å². The summed E-state index contributed by atoms with van der Waals surface area (Å²) in [6.45, 7) is 5.62. The minimum atomic E-state index is -0.104. The van der Waals surface area contributed by atoms with Crippen LogP contribution in [0.5, 0.6) is 0 Å². The number of para-hydroxylation sites is 1. The number of nitrogens with zero attached hydrogens (tertiary/aromatic N) is 6. The van der Waals surface area contributed by atoms with Crippen LogP contribution in [0, 0.1) is 24.7 Å². The molecule has 1 amide bonds. The Morgan fingerprint density at radius 1 is 1.00 bits per heavy atom. The number of hydrogen-bond acceptors (Lipinski definition) is 4. The molecule has 4 fully saturated rings. The number of carbonyl (C=O) groups is 1. The summed E-state index contributed by atoms with van der Waals surface area (Å²) in [6, 6.07) is 10.1. The molecule has 0 atom stereocenters. The first kappa shape index (κ1) is 23.4. The molecule has 8 nitrogen and oxygen atoms in total. The van der Waals surface area contributed by atoms with Gasteiger partial charge in [0.25, 0.3) is 5.91 Å². The fourth-order valence-electron chi connectivity index (χ4n) is 7.89. The predicted molar refractivity (Wildman–Crippen MR) is 145 cm³/mol. The number of amides is 1. The molecule has 0 unspecified atom stereocenters. The summed E-state index contributed by atoms with van der Waals surface area (Å²) in [7, 11) is 0. The third kappa shape index (κ3) is 3.97. The number of nitrogens with one attached hydrogen (secondary N) is 1. The van der Waals surface area contributed by atoms with E-state index in [1.165, 1.54) is 19.3 Å². The minimum Gasteiger partial charge on any atom is -0.319 e. The Kier molecular flexibility index (Phi) is 5.53. The fraction of sp³-hybridized carbons (Fsp3) is 0.467. The van der Waals surface area contributed by atoms with Gasteiger partial charge in [-0.3, -0.25) is 14.2 Å². The lowest BCUT2D eigenvalue weighted by Crippen LogP contribution is -2.49. The molecule has 4 aliphatic carbocycles. The second-order valence-electron chi connectivity index (χ2n) is 11.8. The van der Waals surface area contributed by atoms with E-state index in [9.17, 15) is 4.79 Å². The first-order valence-corrected chi connectivity index (χ1v) is 14.0. The van der Waals surface area contributed by atoms with Crippen molar-refractivity contribution in [1.82, 2.24) is 29.3 Å². The van der Waals surface area contributed by atoms with Crippen LogP contribution in [0.25, 0.3) is 5.69 Å². The van der Waals surface area contributed by atoms with Crippen LogP contribution in [0.4, 0.5) is 5.69 Å². The van der Waals surface area contributed by atoms with Gasteiger partial charge in [-0.25, -0.2) is 4.68 Å². The summed E-state index contributed by atoms with van der Waals surface area (Å²) in [4.78, 5) is 13.8. The second kappa shape index (κ2) is 8.96. The maximum atomic E-state index is 13.8. The van der Waals surface area contributed by atoms with Gasteiger partial charge in [-0.15, -0.1) is 0 Å². The standard InChI is InChI=1S/C30H35N7O/c1-3-36-20(2)24(15-32-36)17-35-18-25(16-31-35)33-29(38)27-19-37(26-7-5-4-6-8-26)34-28(27)30-12-21-9-22(13-30)11-23(10-21)14-30/h4-8,15-16,18-19,21-23H,3,9-14,17H2,1-2H3,(H,33,38). The van der Waals surface area contributed by atoms with Crippen LogP contribution in [-0.4, -0.2) is 35.2 Å². The molecule has 4 saturated carbocycles. The Balaban J connectivity index is 1.18. The Hall–Kier alpha value is -3.68. The number of anilines is 1. The first-order chi connectivity index (χ1) is 18.5. The highest BCUT2D eigenvalue weighted by Gasteiger charge is 2.54. The van der Waals surface area contributed by atoms with E-state index >= 15 is 0 Å². The van der Waals surface area contributed by atoms with Crippen LogP contribution in [0.15, 0.2) is 55.1 Å². The van der Waals surface area contributed by atoms with Crippen LogP contribution in [0.1, 0.15) is 72.8 Å². The molecule has 4 aromatic rings. The van der Waals surface area contributed by atoms with Gasteiger partial charge in [0.2, 0.25) is 0 Å². The van der Waals surface area contributed by atoms with Crippen molar-refractivity contribution in [2.45, 2.75) is 70.9 Å². The van der Waals surface area contributed by atoms with E-state index in [4.69, 9.17) is 5.10 Å².